The number of aromatic hydroxyl groups is 1. The molecule has 3 aliphatic rings. The summed E-state index contributed by atoms with van der Waals surface area (Å²) in [7, 11) is 0. The van der Waals surface area contributed by atoms with Crippen molar-refractivity contribution in [1.82, 2.24) is 9.47 Å². The summed E-state index contributed by atoms with van der Waals surface area (Å²) >= 11 is 0. The van der Waals surface area contributed by atoms with Crippen molar-refractivity contribution in [1.29, 1.82) is 0 Å². The van der Waals surface area contributed by atoms with Crippen molar-refractivity contribution in [3.8, 4) is 22.6 Å². The summed E-state index contributed by atoms with van der Waals surface area (Å²) in [5.41, 5.74) is 5.36. The van der Waals surface area contributed by atoms with Gasteiger partial charge in [-0.15, -0.1) is 0 Å². The number of piperidine rings is 1. The molecule has 1 saturated heterocycles. The van der Waals surface area contributed by atoms with E-state index in [0.717, 1.165) is 41.9 Å². The molecule has 0 saturated carbocycles. The first kappa shape index (κ1) is 23.7. The predicted octanol–water partition coefficient (Wildman–Crippen LogP) is 5.46. The minimum atomic E-state index is -0.179. The van der Waals surface area contributed by atoms with Gasteiger partial charge in [0.1, 0.15) is 11.5 Å². The number of likely N-dealkylation sites (tertiary alicyclic amines) is 1. The maximum absolute atomic E-state index is 13.3. The van der Waals surface area contributed by atoms with Gasteiger partial charge in [-0.2, -0.15) is 0 Å². The maximum Gasteiger partial charge on any atom is 0.250 e. The Labute approximate surface area is 226 Å². The maximum atomic E-state index is 13.3. The van der Waals surface area contributed by atoms with Crippen LogP contribution in [0.3, 0.4) is 0 Å². The number of rotatable bonds is 4. The second-order valence-corrected chi connectivity index (χ2v) is 10.8. The number of phenolic OH excluding ortho intramolecular Hbond substituents is 1. The van der Waals surface area contributed by atoms with Crippen molar-refractivity contribution in [3.05, 3.63) is 123 Å². The lowest BCUT2D eigenvalue weighted by Gasteiger charge is -2.42. The van der Waals surface area contributed by atoms with Gasteiger partial charge in [-0.3, -0.25) is 14.5 Å². The van der Waals surface area contributed by atoms with Gasteiger partial charge in [-0.05, 0) is 53.3 Å². The topological polar surface area (TPSA) is 71.8 Å². The number of pyridine rings is 1. The van der Waals surface area contributed by atoms with Gasteiger partial charge >= 0.3 is 0 Å². The molecule has 3 aliphatic heterocycles. The van der Waals surface area contributed by atoms with E-state index >= 15 is 0 Å². The quantitative estimate of drug-likeness (QED) is 0.365. The van der Waals surface area contributed by atoms with Crippen molar-refractivity contribution >= 4 is 11.9 Å². The van der Waals surface area contributed by atoms with Crippen LogP contribution in [0.1, 0.15) is 39.5 Å². The van der Waals surface area contributed by atoms with Crippen LogP contribution < -0.4 is 10.3 Å². The Morgan fingerprint density at radius 1 is 0.846 bits per heavy atom. The van der Waals surface area contributed by atoms with E-state index in [1.54, 1.807) is 24.3 Å². The molecular weight excluding hydrogens is 488 g/mol. The zero-order valence-corrected chi connectivity index (χ0v) is 21.4. The van der Waals surface area contributed by atoms with Crippen molar-refractivity contribution in [2.24, 2.45) is 5.92 Å². The summed E-state index contributed by atoms with van der Waals surface area (Å²) in [4.78, 5) is 27.9. The van der Waals surface area contributed by atoms with Crippen LogP contribution in [0.25, 0.3) is 17.2 Å². The largest absolute Gasteiger partial charge is 0.507 e. The molecule has 0 amide bonds. The van der Waals surface area contributed by atoms with Gasteiger partial charge in [0.2, 0.25) is 5.78 Å². The molecule has 39 heavy (non-hydrogen) atoms. The third-order valence-electron chi connectivity index (χ3n) is 8.17. The van der Waals surface area contributed by atoms with E-state index in [1.165, 1.54) is 0 Å². The first-order valence-electron chi connectivity index (χ1n) is 13.4. The summed E-state index contributed by atoms with van der Waals surface area (Å²) in [5.74, 6) is 1.28. The number of hydrogen-bond acceptors (Lipinski definition) is 5. The van der Waals surface area contributed by atoms with E-state index in [0.29, 0.717) is 35.9 Å². The number of allylic oxidation sites excluding steroid dienone is 1. The van der Waals surface area contributed by atoms with Crippen LogP contribution in [0.5, 0.6) is 11.5 Å². The highest BCUT2D eigenvalue weighted by molar-refractivity contribution is 6.15. The highest BCUT2D eigenvalue weighted by Gasteiger charge is 2.36. The van der Waals surface area contributed by atoms with E-state index in [9.17, 15) is 14.7 Å². The number of nitrogens with zero attached hydrogens (tertiary/aromatic N) is 2. The van der Waals surface area contributed by atoms with Gasteiger partial charge in [0, 0.05) is 43.9 Å². The van der Waals surface area contributed by atoms with Crippen LogP contribution in [0, 0.1) is 5.92 Å². The fraction of sp³-hybridized carbons (Fsp3) is 0.212. The molecule has 7 rings (SSSR count). The standard InChI is InChI=1S/C33H28N2O4/c36-29-14-13-26-32(38)30(16-21-9-11-24(12-10-21)23-5-2-1-3-6-23)39-33(26)27(29)20-34-17-22-15-25(19-34)28-7-4-8-31(37)35(28)18-22/h1-14,16,22,25,36H,15,17-20H2/b30-16+/t22-,25+/m0/s1. The molecular formula is C33H28N2O4. The minimum Gasteiger partial charge on any atom is -0.507 e. The first-order valence-corrected chi connectivity index (χ1v) is 13.4. The zero-order valence-electron chi connectivity index (χ0n) is 21.4. The van der Waals surface area contributed by atoms with Crippen molar-refractivity contribution in [3.63, 3.8) is 0 Å². The van der Waals surface area contributed by atoms with E-state index in [1.807, 2.05) is 53.1 Å². The average molecular weight is 517 g/mol. The second kappa shape index (κ2) is 9.40. The van der Waals surface area contributed by atoms with Gasteiger partial charge in [0.05, 0.1) is 11.1 Å². The molecule has 1 aromatic heterocycles. The number of aromatic nitrogens is 1. The van der Waals surface area contributed by atoms with Gasteiger partial charge in [0.15, 0.2) is 5.76 Å². The molecule has 2 atom stereocenters. The van der Waals surface area contributed by atoms with E-state index in [4.69, 9.17) is 4.74 Å². The highest BCUT2D eigenvalue weighted by Crippen LogP contribution is 2.42. The Bertz CT molecular complexity index is 1670. The third kappa shape index (κ3) is 4.27. The molecule has 1 fully saturated rings. The fourth-order valence-corrected chi connectivity index (χ4v) is 6.35. The number of hydrogen-bond donors (Lipinski definition) is 1. The number of ketones is 1. The molecule has 4 aromatic rings. The zero-order chi connectivity index (χ0) is 26.5. The number of Topliss-reactive ketones (excluding diaryl/α,β-unsaturated/α-hetero) is 1. The van der Waals surface area contributed by atoms with Crippen LogP contribution in [0.15, 0.2) is 95.5 Å². The lowest BCUT2D eigenvalue weighted by molar-refractivity contribution is 0.101. The van der Waals surface area contributed by atoms with Crippen LogP contribution in [0.4, 0.5) is 0 Å². The molecule has 0 aliphatic carbocycles. The molecule has 3 aromatic carbocycles. The van der Waals surface area contributed by atoms with Gasteiger partial charge < -0.3 is 14.4 Å². The van der Waals surface area contributed by atoms with Crippen LogP contribution >= 0.6 is 0 Å². The summed E-state index contributed by atoms with van der Waals surface area (Å²) in [6.07, 6.45) is 2.82. The van der Waals surface area contributed by atoms with Crippen LogP contribution in [0.2, 0.25) is 0 Å². The van der Waals surface area contributed by atoms with E-state index < -0.39 is 0 Å². The second-order valence-electron chi connectivity index (χ2n) is 10.8. The molecule has 1 N–H and O–H groups in total. The monoisotopic (exact) mass is 516 g/mol. The lowest BCUT2D eigenvalue weighted by Crippen LogP contribution is -2.46. The fourth-order valence-electron chi connectivity index (χ4n) is 6.35. The predicted molar refractivity (Wildman–Crippen MR) is 150 cm³/mol. The van der Waals surface area contributed by atoms with Crippen molar-refractivity contribution in [2.75, 3.05) is 13.1 Å². The third-order valence-corrected chi connectivity index (χ3v) is 8.17. The number of phenols is 1. The molecule has 0 unspecified atom stereocenters. The summed E-state index contributed by atoms with van der Waals surface area (Å²) in [5, 5.41) is 10.8. The molecule has 0 spiro atoms. The Kier molecular flexibility index (Phi) is 5.71. The van der Waals surface area contributed by atoms with Crippen molar-refractivity contribution < 1.29 is 14.6 Å². The highest BCUT2D eigenvalue weighted by atomic mass is 16.5. The normalized spacial score (nSPS) is 20.9. The number of fused-ring (bicyclic) bond motifs is 5. The Hall–Kier alpha value is -4.42. The number of ether oxygens (including phenoxy) is 1. The van der Waals surface area contributed by atoms with E-state index in [-0.39, 0.29) is 28.8 Å². The molecule has 0 radical (unpaired) electrons. The lowest BCUT2D eigenvalue weighted by atomic mass is 9.83. The number of benzene rings is 3. The SMILES string of the molecule is O=C1/C(=C\c2ccc(-c3ccccc3)cc2)Oc2c1ccc(O)c2CN1C[C@@H]2C[C@H](C1)c1cccc(=O)n1C2. The number of carbonyl (C=O) groups excluding carboxylic acids is 1. The van der Waals surface area contributed by atoms with Gasteiger partial charge in [-0.1, -0.05) is 60.7 Å². The number of carbonyl (C=O) groups is 1. The summed E-state index contributed by atoms with van der Waals surface area (Å²) < 4.78 is 8.05. The molecule has 4 heterocycles. The average Bonchev–Trinajstić information content (AvgIpc) is 3.27. The van der Waals surface area contributed by atoms with Gasteiger partial charge in [-0.25, -0.2) is 0 Å². The van der Waals surface area contributed by atoms with E-state index in [2.05, 4.69) is 23.1 Å². The Morgan fingerprint density at radius 2 is 1.64 bits per heavy atom. The van der Waals surface area contributed by atoms with Crippen LogP contribution in [-0.2, 0) is 13.1 Å². The molecule has 6 heteroatoms. The van der Waals surface area contributed by atoms with Gasteiger partial charge in [0.25, 0.3) is 5.56 Å². The van der Waals surface area contributed by atoms with Crippen LogP contribution in [-0.4, -0.2) is 33.4 Å². The molecule has 6 nitrogen and oxygen atoms in total. The summed E-state index contributed by atoms with van der Waals surface area (Å²) in [6.45, 7) is 2.80. The summed E-state index contributed by atoms with van der Waals surface area (Å²) in [6, 6.07) is 26.9. The molecule has 2 bridgehead atoms. The smallest absolute Gasteiger partial charge is 0.250 e. The van der Waals surface area contributed by atoms with Crippen molar-refractivity contribution in [2.45, 2.75) is 25.4 Å². The first-order chi connectivity index (χ1) is 19.0. The molecule has 194 valence electrons. The Balaban J connectivity index is 1.13. The Morgan fingerprint density at radius 3 is 2.46 bits per heavy atom. The minimum absolute atomic E-state index is 0.0649.